The van der Waals surface area contributed by atoms with Crippen LogP contribution in [0, 0.1) is 0 Å². The Morgan fingerprint density at radius 2 is 2.00 bits per heavy atom. The zero-order valence-electron chi connectivity index (χ0n) is 10.9. The molecular weight excluding hydrogens is 294 g/mol. The van der Waals surface area contributed by atoms with E-state index in [1.807, 2.05) is 0 Å². The van der Waals surface area contributed by atoms with Crippen molar-refractivity contribution < 1.29 is 19.5 Å². The zero-order chi connectivity index (χ0) is 15.4. The Bertz CT molecular complexity index is 697. The van der Waals surface area contributed by atoms with Crippen molar-refractivity contribution in [1.29, 1.82) is 0 Å². The molecule has 8 heteroatoms. The van der Waals surface area contributed by atoms with Gasteiger partial charge in [-0.25, -0.2) is 9.78 Å². The lowest BCUT2D eigenvalue weighted by atomic mass is 10.1. The Balaban J connectivity index is 2.28. The molecule has 0 aliphatic heterocycles. The van der Waals surface area contributed by atoms with Crippen LogP contribution >= 0.6 is 11.3 Å². The molecule has 2 aromatic rings. The minimum atomic E-state index is -1.21. The summed E-state index contributed by atoms with van der Waals surface area (Å²) in [6.07, 6.45) is 0. The quantitative estimate of drug-likeness (QED) is 0.801. The van der Waals surface area contributed by atoms with Crippen LogP contribution < -0.4 is 10.6 Å². The molecule has 1 aromatic heterocycles. The topological polar surface area (TPSA) is 108 Å². The van der Waals surface area contributed by atoms with Crippen molar-refractivity contribution in [2.24, 2.45) is 0 Å². The van der Waals surface area contributed by atoms with Crippen LogP contribution in [0.4, 0.5) is 11.4 Å². The maximum atomic E-state index is 11.9. The van der Waals surface area contributed by atoms with Gasteiger partial charge in [-0.05, 0) is 18.2 Å². The number of amides is 2. The fourth-order valence-electron chi connectivity index (χ4n) is 1.62. The lowest BCUT2D eigenvalue weighted by Gasteiger charge is -2.10. The molecule has 3 N–H and O–H groups in total. The average molecular weight is 305 g/mol. The number of carbonyl (C=O) groups excluding carboxylic acids is 2. The Hall–Kier alpha value is -2.74. The summed E-state index contributed by atoms with van der Waals surface area (Å²) in [5.41, 5.74) is 2.07. The molecule has 0 unspecified atom stereocenters. The second-order valence-electron chi connectivity index (χ2n) is 4.07. The van der Waals surface area contributed by atoms with Crippen LogP contribution in [-0.4, -0.2) is 27.9 Å². The number of carbonyl (C=O) groups is 3. The smallest absolute Gasteiger partial charge is 0.337 e. The van der Waals surface area contributed by atoms with E-state index >= 15 is 0 Å². The van der Waals surface area contributed by atoms with Crippen LogP contribution in [-0.2, 0) is 4.79 Å². The average Bonchev–Trinajstić information content (AvgIpc) is 2.93. The molecule has 0 aliphatic rings. The first-order chi connectivity index (χ1) is 9.97. The molecule has 0 radical (unpaired) electrons. The van der Waals surface area contributed by atoms with Gasteiger partial charge >= 0.3 is 5.97 Å². The summed E-state index contributed by atoms with van der Waals surface area (Å²) in [6, 6.07) is 4.20. The fourth-order valence-corrected chi connectivity index (χ4v) is 2.15. The van der Waals surface area contributed by atoms with E-state index in [0.29, 0.717) is 5.69 Å². The maximum absolute atomic E-state index is 11.9. The van der Waals surface area contributed by atoms with E-state index in [1.165, 1.54) is 42.0 Å². The molecule has 1 heterocycles. The van der Waals surface area contributed by atoms with E-state index in [9.17, 15) is 19.5 Å². The first-order valence-corrected chi connectivity index (χ1v) is 6.76. The van der Waals surface area contributed by atoms with Gasteiger partial charge in [0.2, 0.25) is 5.91 Å². The van der Waals surface area contributed by atoms with Crippen molar-refractivity contribution in [3.8, 4) is 0 Å². The molecule has 21 heavy (non-hydrogen) atoms. The number of aromatic carboxylic acids is 1. The predicted octanol–water partition coefficient (Wildman–Crippen LogP) is 2.05. The molecule has 0 saturated heterocycles. The van der Waals surface area contributed by atoms with E-state index < -0.39 is 11.9 Å². The first-order valence-electron chi connectivity index (χ1n) is 5.82. The number of rotatable bonds is 4. The van der Waals surface area contributed by atoms with Crippen molar-refractivity contribution in [3.63, 3.8) is 0 Å². The van der Waals surface area contributed by atoms with E-state index in [-0.39, 0.29) is 22.9 Å². The van der Waals surface area contributed by atoms with E-state index in [0.717, 1.165) is 0 Å². The van der Waals surface area contributed by atoms with Gasteiger partial charge in [0.15, 0.2) is 0 Å². The van der Waals surface area contributed by atoms with Crippen molar-refractivity contribution in [2.45, 2.75) is 6.92 Å². The Labute approximate surface area is 123 Å². The van der Waals surface area contributed by atoms with E-state index in [4.69, 9.17) is 0 Å². The van der Waals surface area contributed by atoms with E-state index in [1.54, 1.807) is 5.38 Å². The van der Waals surface area contributed by atoms with Crippen molar-refractivity contribution >= 4 is 40.5 Å². The summed E-state index contributed by atoms with van der Waals surface area (Å²) in [5, 5.41) is 15.7. The van der Waals surface area contributed by atoms with Gasteiger partial charge in [0.05, 0.1) is 16.8 Å². The summed E-state index contributed by atoms with van der Waals surface area (Å²) in [5.74, 6) is -2.02. The third-order valence-corrected chi connectivity index (χ3v) is 3.07. The Morgan fingerprint density at radius 3 is 2.57 bits per heavy atom. The van der Waals surface area contributed by atoms with Gasteiger partial charge in [0, 0.05) is 18.0 Å². The molecule has 0 aliphatic carbocycles. The van der Waals surface area contributed by atoms with Gasteiger partial charge in [-0.15, -0.1) is 11.3 Å². The van der Waals surface area contributed by atoms with Crippen LogP contribution in [0.1, 0.15) is 27.8 Å². The number of carboxylic acids is 1. The minimum absolute atomic E-state index is 0.121. The predicted molar refractivity (Wildman–Crippen MR) is 77.8 cm³/mol. The fraction of sp³-hybridized carbons (Fsp3) is 0.0769. The second kappa shape index (κ2) is 6.14. The van der Waals surface area contributed by atoms with E-state index in [2.05, 4.69) is 15.6 Å². The molecule has 0 atom stereocenters. The van der Waals surface area contributed by atoms with Crippen molar-refractivity contribution in [1.82, 2.24) is 4.98 Å². The molecule has 2 rings (SSSR count). The summed E-state index contributed by atoms with van der Waals surface area (Å²) in [6.45, 7) is 1.32. The minimum Gasteiger partial charge on any atom is -0.478 e. The standard InChI is InChI=1S/C13H11N3O4S/c1-7(17)15-8-2-3-10(9(4-8)13(19)20)16-12(18)11-5-21-6-14-11/h2-6H,1H3,(H,15,17)(H,16,18)(H,19,20). The van der Waals surface area contributed by atoms with Gasteiger partial charge in [-0.1, -0.05) is 0 Å². The number of hydrogen-bond donors (Lipinski definition) is 3. The normalized spacial score (nSPS) is 9.95. The van der Waals surface area contributed by atoms with Crippen LogP contribution in [0.3, 0.4) is 0 Å². The number of thiazole rings is 1. The monoisotopic (exact) mass is 305 g/mol. The number of hydrogen-bond acceptors (Lipinski definition) is 5. The Kier molecular flexibility index (Phi) is 4.29. The second-order valence-corrected chi connectivity index (χ2v) is 4.79. The molecule has 0 bridgehead atoms. The highest BCUT2D eigenvalue weighted by molar-refractivity contribution is 7.07. The lowest BCUT2D eigenvalue weighted by molar-refractivity contribution is -0.114. The number of nitrogens with zero attached hydrogens (tertiary/aromatic N) is 1. The summed E-state index contributed by atoms with van der Waals surface area (Å²) in [4.78, 5) is 38.0. The summed E-state index contributed by atoms with van der Waals surface area (Å²) >= 11 is 1.26. The van der Waals surface area contributed by atoms with Gasteiger partial charge in [0.25, 0.3) is 5.91 Å². The van der Waals surface area contributed by atoms with Gasteiger partial charge in [-0.2, -0.15) is 0 Å². The van der Waals surface area contributed by atoms with Crippen LogP contribution in [0.25, 0.3) is 0 Å². The third kappa shape index (κ3) is 3.63. The number of nitrogens with one attached hydrogen (secondary N) is 2. The SMILES string of the molecule is CC(=O)Nc1ccc(NC(=O)c2cscn2)c(C(=O)O)c1. The molecule has 1 aromatic carbocycles. The van der Waals surface area contributed by atoms with Gasteiger partial charge < -0.3 is 15.7 Å². The highest BCUT2D eigenvalue weighted by atomic mass is 32.1. The van der Waals surface area contributed by atoms with Gasteiger partial charge in [0.1, 0.15) is 5.69 Å². The number of carboxylic acid groups (broad SMARTS) is 1. The molecule has 108 valence electrons. The third-order valence-electron chi connectivity index (χ3n) is 2.48. The molecular formula is C13H11N3O4S. The van der Waals surface area contributed by atoms with Gasteiger partial charge in [-0.3, -0.25) is 9.59 Å². The summed E-state index contributed by atoms with van der Waals surface area (Å²) < 4.78 is 0. The Morgan fingerprint density at radius 1 is 1.24 bits per heavy atom. The molecule has 7 nitrogen and oxygen atoms in total. The molecule has 2 amide bonds. The maximum Gasteiger partial charge on any atom is 0.337 e. The van der Waals surface area contributed by atoms with Crippen LogP contribution in [0.2, 0.25) is 0 Å². The number of aromatic nitrogens is 1. The highest BCUT2D eigenvalue weighted by Gasteiger charge is 2.15. The molecule has 0 fully saturated rings. The van der Waals surface area contributed by atoms with Crippen molar-refractivity contribution in [3.05, 3.63) is 40.3 Å². The number of benzene rings is 1. The molecule has 0 saturated carbocycles. The first kappa shape index (κ1) is 14.7. The molecule has 0 spiro atoms. The summed E-state index contributed by atoms with van der Waals surface area (Å²) in [7, 11) is 0. The number of anilines is 2. The highest BCUT2D eigenvalue weighted by Crippen LogP contribution is 2.21. The lowest BCUT2D eigenvalue weighted by Crippen LogP contribution is -2.15. The van der Waals surface area contributed by atoms with Crippen LogP contribution in [0.15, 0.2) is 29.1 Å². The van der Waals surface area contributed by atoms with Crippen LogP contribution in [0.5, 0.6) is 0 Å². The largest absolute Gasteiger partial charge is 0.478 e. The van der Waals surface area contributed by atoms with Crippen molar-refractivity contribution in [2.75, 3.05) is 10.6 Å². The zero-order valence-corrected chi connectivity index (χ0v) is 11.7.